The van der Waals surface area contributed by atoms with E-state index in [1.165, 1.54) is 11.3 Å². The minimum atomic E-state index is -0.591. The summed E-state index contributed by atoms with van der Waals surface area (Å²) >= 11 is 1.34. The molecule has 0 aliphatic heterocycles. The van der Waals surface area contributed by atoms with Crippen LogP contribution in [0.4, 0.5) is 8.78 Å². The van der Waals surface area contributed by atoms with Crippen molar-refractivity contribution in [2.75, 3.05) is 6.54 Å². The van der Waals surface area contributed by atoms with E-state index in [0.717, 1.165) is 23.2 Å². The SMILES string of the molecule is NCCc1nc(C(=O)Cc2cc(F)ccc2F)cs1. The third kappa shape index (κ3) is 3.42. The first-order valence-electron chi connectivity index (χ1n) is 5.71. The molecule has 0 aliphatic rings. The first-order valence-corrected chi connectivity index (χ1v) is 6.59. The van der Waals surface area contributed by atoms with Crippen LogP contribution in [0.2, 0.25) is 0 Å². The number of benzene rings is 1. The summed E-state index contributed by atoms with van der Waals surface area (Å²) in [7, 11) is 0. The van der Waals surface area contributed by atoms with Crippen LogP contribution >= 0.6 is 11.3 Å². The maximum absolute atomic E-state index is 13.4. The molecule has 0 aliphatic carbocycles. The van der Waals surface area contributed by atoms with Crippen LogP contribution in [0.3, 0.4) is 0 Å². The smallest absolute Gasteiger partial charge is 0.186 e. The average Bonchev–Trinajstić information content (AvgIpc) is 2.83. The summed E-state index contributed by atoms with van der Waals surface area (Å²) < 4.78 is 26.4. The number of ketones is 1. The van der Waals surface area contributed by atoms with Crippen LogP contribution in [0, 0.1) is 11.6 Å². The molecule has 0 radical (unpaired) electrons. The number of aromatic nitrogens is 1. The van der Waals surface area contributed by atoms with E-state index in [9.17, 15) is 13.6 Å². The van der Waals surface area contributed by atoms with Crippen LogP contribution in [0.5, 0.6) is 0 Å². The number of Topliss-reactive ketones (excluding diaryl/α,β-unsaturated/α-hetero) is 1. The molecule has 6 heteroatoms. The zero-order valence-electron chi connectivity index (χ0n) is 10.0. The summed E-state index contributed by atoms with van der Waals surface area (Å²) in [6, 6.07) is 3.06. The van der Waals surface area contributed by atoms with Crippen LogP contribution in [-0.4, -0.2) is 17.3 Å². The van der Waals surface area contributed by atoms with Gasteiger partial charge in [0, 0.05) is 18.2 Å². The van der Waals surface area contributed by atoms with Gasteiger partial charge in [0.05, 0.1) is 5.01 Å². The molecular weight excluding hydrogens is 270 g/mol. The number of hydrogen-bond acceptors (Lipinski definition) is 4. The molecule has 0 spiro atoms. The van der Waals surface area contributed by atoms with E-state index in [-0.39, 0.29) is 23.5 Å². The Balaban J connectivity index is 2.13. The normalized spacial score (nSPS) is 10.7. The van der Waals surface area contributed by atoms with Gasteiger partial charge in [-0.1, -0.05) is 0 Å². The van der Waals surface area contributed by atoms with Gasteiger partial charge in [-0.05, 0) is 30.3 Å². The van der Waals surface area contributed by atoms with Crippen molar-refractivity contribution in [2.45, 2.75) is 12.8 Å². The Morgan fingerprint density at radius 3 is 2.89 bits per heavy atom. The van der Waals surface area contributed by atoms with Crippen LogP contribution in [0.1, 0.15) is 21.1 Å². The van der Waals surface area contributed by atoms with Gasteiger partial charge in [-0.3, -0.25) is 4.79 Å². The van der Waals surface area contributed by atoms with Gasteiger partial charge in [0.2, 0.25) is 0 Å². The van der Waals surface area contributed by atoms with Gasteiger partial charge in [0.25, 0.3) is 0 Å². The third-order valence-electron chi connectivity index (χ3n) is 2.55. The highest BCUT2D eigenvalue weighted by Crippen LogP contribution is 2.15. The number of nitrogens with two attached hydrogens (primary N) is 1. The predicted molar refractivity (Wildman–Crippen MR) is 69.3 cm³/mol. The van der Waals surface area contributed by atoms with Crippen molar-refractivity contribution >= 4 is 17.1 Å². The lowest BCUT2D eigenvalue weighted by atomic mass is 10.1. The first-order chi connectivity index (χ1) is 9.10. The fourth-order valence-electron chi connectivity index (χ4n) is 1.62. The van der Waals surface area contributed by atoms with Crippen LogP contribution in [0.15, 0.2) is 23.6 Å². The number of nitrogens with zero attached hydrogens (tertiary/aromatic N) is 1. The molecule has 0 saturated carbocycles. The fraction of sp³-hybridized carbons (Fsp3) is 0.231. The van der Waals surface area contributed by atoms with Crippen molar-refractivity contribution in [3.05, 3.63) is 51.5 Å². The van der Waals surface area contributed by atoms with Gasteiger partial charge in [-0.25, -0.2) is 13.8 Å². The van der Waals surface area contributed by atoms with E-state index in [4.69, 9.17) is 5.73 Å². The van der Waals surface area contributed by atoms with Crippen molar-refractivity contribution in [3.63, 3.8) is 0 Å². The number of hydrogen-bond donors (Lipinski definition) is 1. The average molecular weight is 282 g/mol. The molecule has 1 heterocycles. The molecule has 0 fully saturated rings. The van der Waals surface area contributed by atoms with E-state index in [1.54, 1.807) is 5.38 Å². The van der Waals surface area contributed by atoms with Crippen molar-refractivity contribution in [2.24, 2.45) is 5.73 Å². The number of rotatable bonds is 5. The summed E-state index contributed by atoms with van der Waals surface area (Å²) in [6.45, 7) is 0.458. The Bertz CT molecular complexity index is 598. The van der Waals surface area contributed by atoms with Crippen molar-refractivity contribution < 1.29 is 13.6 Å². The fourth-order valence-corrected chi connectivity index (χ4v) is 2.44. The molecule has 0 atom stereocenters. The van der Waals surface area contributed by atoms with Crippen molar-refractivity contribution in [1.29, 1.82) is 0 Å². The molecule has 0 unspecified atom stereocenters. The lowest BCUT2D eigenvalue weighted by Gasteiger charge is -2.01. The van der Waals surface area contributed by atoms with Crippen molar-refractivity contribution in [3.8, 4) is 0 Å². The molecule has 2 aromatic rings. The predicted octanol–water partition coefficient (Wildman–Crippen LogP) is 2.35. The molecule has 0 bridgehead atoms. The number of halogens is 2. The maximum atomic E-state index is 13.4. The Kier molecular flexibility index (Phi) is 4.34. The summed E-state index contributed by atoms with van der Waals surface area (Å²) in [5, 5.41) is 2.38. The van der Waals surface area contributed by atoms with E-state index in [2.05, 4.69) is 4.98 Å². The summed E-state index contributed by atoms with van der Waals surface area (Å²) in [4.78, 5) is 16.0. The number of carbonyl (C=O) groups excluding carboxylic acids is 1. The largest absolute Gasteiger partial charge is 0.330 e. The second-order valence-corrected chi connectivity index (χ2v) is 4.94. The molecular formula is C13H12F2N2OS. The minimum absolute atomic E-state index is 0.0402. The van der Waals surface area contributed by atoms with Crippen LogP contribution < -0.4 is 5.73 Å². The molecule has 0 saturated heterocycles. The lowest BCUT2D eigenvalue weighted by Crippen LogP contribution is -2.07. The Labute approximate surface area is 113 Å². The van der Waals surface area contributed by atoms with Gasteiger partial charge in [0.1, 0.15) is 17.3 Å². The zero-order chi connectivity index (χ0) is 13.8. The van der Waals surface area contributed by atoms with E-state index < -0.39 is 11.6 Å². The minimum Gasteiger partial charge on any atom is -0.330 e. The highest BCUT2D eigenvalue weighted by Gasteiger charge is 2.14. The van der Waals surface area contributed by atoms with Crippen LogP contribution in [-0.2, 0) is 12.8 Å². The van der Waals surface area contributed by atoms with E-state index in [1.807, 2.05) is 0 Å². The van der Waals surface area contributed by atoms with E-state index in [0.29, 0.717) is 13.0 Å². The molecule has 19 heavy (non-hydrogen) atoms. The molecule has 100 valence electrons. The van der Waals surface area contributed by atoms with Gasteiger partial charge in [-0.15, -0.1) is 11.3 Å². The zero-order valence-corrected chi connectivity index (χ0v) is 10.8. The van der Waals surface area contributed by atoms with Crippen molar-refractivity contribution in [1.82, 2.24) is 4.98 Å². The van der Waals surface area contributed by atoms with E-state index >= 15 is 0 Å². The van der Waals surface area contributed by atoms with Gasteiger partial charge in [0.15, 0.2) is 5.78 Å². The first kappa shape index (κ1) is 13.8. The number of thiazole rings is 1. The molecule has 2 rings (SSSR count). The quantitative estimate of drug-likeness (QED) is 0.856. The highest BCUT2D eigenvalue weighted by molar-refractivity contribution is 7.09. The summed E-state index contributed by atoms with van der Waals surface area (Å²) in [6.07, 6.45) is 0.404. The number of carbonyl (C=O) groups is 1. The molecule has 3 nitrogen and oxygen atoms in total. The Morgan fingerprint density at radius 1 is 1.37 bits per heavy atom. The molecule has 1 aromatic carbocycles. The standard InChI is InChI=1S/C13H12F2N2OS/c14-9-1-2-10(15)8(5-9)6-12(18)11-7-19-13(17-11)3-4-16/h1-2,5,7H,3-4,6,16H2. The highest BCUT2D eigenvalue weighted by atomic mass is 32.1. The monoisotopic (exact) mass is 282 g/mol. The maximum Gasteiger partial charge on any atom is 0.186 e. The van der Waals surface area contributed by atoms with Gasteiger partial charge < -0.3 is 5.73 Å². The topological polar surface area (TPSA) is 56.0 Å². The van der Waals surface area contributed by atoms with Gasteiger partial charge >= 0.3 is 0 Å². The summed E-state index contributed by atoms with van der Waals surface area (Å²) in [5.41, 5.74) is 5.71. The Hall–Kier alpha value is -1.66. The molecule has 2 N–H and O–H groups in total. The lowest BCUT2D eigenvalue weighted by molar-refractivity contribution is 0.0987. The second-order valence-electron chi connectivity index (χ2n) is 4.00. The second kappa shape index (κ2) is 5.99. The van der Waals surface area contributed by atoms with Crippen LogP contribution in [0.25, 0.3) is 0 Å². The summed E-state index contributed by atoms with van der Waals surface area (Å²) in [5.74, 6) is -1.48. The third-order valence-corrected chi connectivity index (χ3v) is 3.46. The van der Waals surface area contributed by atoms with Gasteiger partial charge in [-0.2, -0.15) is 0 Å². The molecule has 0 amide bonds. The Morgan fingerprint density at radius 2 is 2.16 bits per heavy atom. The molecule has 1 aromatic heterocycles.